The number of methoxy groups -OCH3 is 1. The average molecular weight is 353 g/mol. The van der Waals surface area contributed by atoms with E-state index in [2.05, 4.69) is 22.8 Å². The van der Waals surface area contributed by atoms with Gasteiger partial charge in [-0.2, -0.15) is 0 Å². The van der Waals surface area contributed by atoms with Crippen molar-refractivity contribution in [2.45, 2.75) is 17.4 Å². The number of carbonyl (C=O) groups excluding carboxylic acids is 1. The number of ether oxygens (including phenoxy) is 1. The van der Waals surface area contributed by atoms with Crippen LogP contribution in [0.2, 0.25) is 0 Å². The van der Waals surface area contributed by atoms with Gasteiger partial charge in [-0.05, 0) is 43.6 Å². The van der Waals surface area contributed by atoms with Gasteiger partial charge in [-0.1, -0.05) is 12.1 Å². The number of anilines is 1. The third-order valence-electron chi connectivity index (χ3n) is 4.50. The van der Waals surface area contributed by atoms with Crippen LogP contribution in [0.3, 0.4) is 0 Å². The number of hydrogen-bond acceptors (Lipinski definition) is 5. The summed E-state index contributed by atoms with van der Waals surface area (Å²) < 4.78 is 5.85. The lowest BCUT2D eigenvalue weighted by Crippen LogP contribution is -2.47. The van der Waals surface area contributed by atoms with Gasteiger partial charge in [0.05, 0.1) is 16.6 Å². The monoisotopic (exact) mass is 352 g/mol. The van der Waals surface area contributed by atoms with Crippen molar-refractivity contribution in [3.8, 4) is 0 Å². The third-order valence-corrected chi connectivity index (χ3v) is 7.61. The second kappa shape index (κ2) is 7.92. The molecule has 0 radical (unpaired) electrons. The minimum absolute atomic E-state index is 0.0877. The second-order valence-corrected chi connectivity index (χ2v) is 8.84. The van der Waals surface area contributed by atoms with Gasteiger partial charge in [-0.3, -0.25) is 4.79 Å². The molecule has 23 heavy (non-hydrogen) atoms. The fourth-order valence-electron chi connectivity index (χ4n) is 3.20. The number of nitrogens with one attached hydrogen (secondary N) is 2. The van der Waals surface area contributed by atoms with Crippen LogP contribution in [0, 0.1) is 5.41 Å². The Morgan fingerprint density at radius 2 is 2.09 bits per heavy atom. The number of rotatable bonds is 5. The first-order valence-corrected chi connectivity index (χ1v) is 10.2. The quantitative estimate of drug-likeness (QED) is 0.853. The zero-order chi connectivity index (χ0) is 16.1. The molecule has 126 valence electrons. The van der Waals surface area contributed by atoms with Gasteiger partial charge in [-0.15, -0.1) is 23.5 Å². The number of amides is 1. The molecule has 2 heterocycles. The topological polar surface area (TPSA) is 50.4 Å². The zero-order valence-corrected chi connectivity index (χ0v) is 15.1. The summed E-state index contributed by atoms with van der Waals surface area (Å²) >= 11 is 3.96. The van der Waals surface area contributed by atoms with Crippen LogP contribution in [0.25, 0.3) is 0 Å². The summed E-state index contributed by atoms with van der Waals surface area (Å²) in [6, 6.07) is 8.29. The maximum absolute atomic E-state index is 12.9. The Kier molecular flexibility index (Phi) is 5.91. The zero-order valence-electron chi connectivity index (χ0n) is 13.5. The van der Waals surface area contributed by atoms with E-state index in [1.807, 2.05) is 35.7 Å². The first-order valence-electron chi connectivity index (χ1n) is 8.08. The van der Waals surface area contributed by atoms with E-state index in [9.17, 15) is 4.79 Å². The molecule has 2 saturated heterocycles. The smallest absolute Gasteiger partial charge is 0.233 e. The molecule has 2 N–H and O–H groups in total. The summed E-state index contributed by atoms with van der Waals surface area (Å²) in [5, 5.41) is 6.46. The Hall–Kier alpha value is -0.690. The lowest BCUT2D eigenvalue weighted by molar-refractivity contribution is -0.130. The Labute approximate surface area is 146 Å². The van der Waals surface area contributed by atoms with E-state index in [-0.39, 0.29) is 5.91 Å². The van der Waals surface area contributed by atoms with Crippen molar-refractivity contribution in [1.29, 1.82) is 0 Å². The molecular weight excluding hydrogens is 328 g/mol. The summed E-state index contributed by atoms with van der Waals surface area (Å²) in [4.78, 5) is 12.9. The Morgan fingerprint density at radius 1 is 1.35 bits per heavy atom. The highest BCUT2D eigenvalue weighted by Crippen LogP contribution is 2.45. The SMILES string of the molecule is COCC1(C(=O)Nc2cccc(C3SCCS3)c2)CCNCC1. The van der Waals surface area contributed by atoms with Gasteiger partial charge in [-0.25, -0.2) is 0 Å². The predicted molar refractivity (Wildman–Crippen MR) is 99.1 cm³/mol. The van der Waals surface area contributed by atoms with Crippen molar-refractivity contribution >= 4 is 35.1 Å². The van der Waals surface area contributed by atoms with Crippen molar-refractivity contribution in [3.05, 3.63) is 29.8 Å². The third kappa shape index (κ3) is 4.05. The predicted octanol–water partition coefficient (Wildman–Crippen LogP) is 3.12. The molecule has 3 rings (SSSR count). The summed E-state index contributed by atoms with van der Waals surface area (Å²) in [6.07, 6.45) is 1.64. The molecule has 0 aromatic heterocycles. The fraction of sp³-hybridized carbons (Fsp3) is 0.588. The Balaban J connectivity index is 1.72. The lowest BCUT2D eigenvalue weighted by atomic mass is 9.78. The van der Waals surface area contributed by atoms with Crippen molar-refractivity contribution in [1.82, 2.24) is 5.32 Å². The molecule has 1 amide bonds. The van der Waals surface area contributed by atoms with Crippen LogP contribution < -0.4 is 10.6 Å². The van der Waals surface area contributed by atoms with Crippen LogP contribution in [0.1, 0.15) is 23.0 Å². The average Bonchev–Trinajstić information content (AvgIpc) is 3.11. The van der Waals surface area contributed by atoms with E-state index >= 15 is 0 Å². The molecule has 0 unspecified atom stereocenters. The molecule has 0 saturated carbocycles. The van der Waals surface area contributed by atoms with Crippen molar-refractivity contribution in [2.75, 3.05) is 43.6 Å². The summed E-state index contributed by atoms with van der Waals surface area (Å²) in [5.74, 6) is 2.50. The van der Waals surface area contributed by atoms with Gasteiger partial charge in [0, 0.05) is 24.3 Å². The molecule has 2 fully saturated rings. The van der Waals surface area contributed by atoms with E-state index in [1.165, 1.54) is 17.1 Å². The summed E-state index contributed by atoms with van der Waals surface area (Å²) in [6.45, 7) is 2.22. The van der Waals surface area contributed by atoms with Crippen LogP contribution in [-0.2, 0) is 9.53 Å². The van der Waals surface area contributed by atoms with Crippen LogP contribution in [-0.4, -0.2) is 44.2 Å². The van der Waals surface area contributed by atoms with E-state index in [1.54, 1.807) is 7.11 Å². The molecule has 4 nitrogen and oxygen atoms in total. The minimum atomic E-state index is -0.410. The van der Waals surface area contributed by atoms with E-state index in [4.69, 9.17) is 4.74 Å². The summed E-state index contributed by atoms with van der Waals surface area (Å²) in [7, 11) is 1.67. The molecular formula is C17H24N2O2S2. The normalized spacial score (nSPS) is 21.3. The maximum Gasteiger partial charge on any atom is 0.233 e. The summed E-state index contributed by atoms with van der Waals surface area (Å²) in [5.41, 5.74) is 1.78. The number of piperidine rings is 1. The van der Waals surface area contributed by atoms with Gasteiger partial charge < -0.3 is 15.4 Å². The highest BCUT2D eigenvalue weighted by molar-refractivity contribution is 8.19. The van der Waals surface area contributed by atoms with Crippen molar-refractivity contribution in [3.63, 3.8) is 0 Å². The largest absolute Gasteiger partial charge is 0.384 e. The molecule has 0 spiro atoms. The van der Waals surface area contributed by atoms with Crippen LogP contribution in [0.15, 0.2) is 24.3 Å². The molecule has 2 aliphatic rings. The van der Waals surface area contributed by atoms with Crippen molar-refractivity contribution in [2.24, 2.45) is 5.41 Å². The van der Waals surface area contributed by atoms with Gasteiger partial charge in [0.1, 0.15) is 0 Å². The molecule has 1 aromatic rings. The van der Waals surface area contributed by atoms with Gasteiger partial charge in [0.15, 0.2) is 0 Å². The number of benzene rings is 1. The van der Waals surface area contributed by atoms with Crippen LogP contribution in [0.5, 0.6) is 0 Å². The Bertz CT molecular complexity index is 536. The van der Waals surface area contributed by atoms with E-state index in [0.717, 1.165) is 31.6 Å². The molecule has 6 heteroatoms. The molecule has 1 aromatic carbocycles. The molecule has 2 aliphatic heterocycles. The highest BCUT2D eigenvalue weighted by Gasteiger charge is 2.39. The van der Waals surface area contributed by atoms with Crippen LogP contribution >= 0.6 is 23.5 Å². The number of carbonyl (C=O) groups is 1. The van der Waals surface area contributed by atoms with Gasteiger partial charge in [0.25, 0.3) is 0 Å². The van der Waals surface area contributed by atoms with Crippen LogP contribution in [0.4, 0.5) is 5.69 Å². The maximum atomic E-state index is 12.9. The fourth-order valence-corrected chi connectivity index (χ4v) is 6.03. The van der Waals surface area contributed by atoms with E-state index in [0.29, 0.717) is 11.2 Å². The van der Waals surface area contributed by atoms with E-state index < -0.39 is 5.41 Å². The Morgan fingerprint density at radius 3 is 2.78 bits per heavy atom. The first kappa shape index (κ1) is 17.1. The second-order valence-electron chi connectivity index (χ2n) is 6.12. The number of thioether (sulfide) groups is 2. The first-order chi connectivity index (χ1) is 11.2. The number of hydrogen-bond donors (Lipinski definition) is 2. The molecule has 0 aliphatic carbocycles. The van der Waals surface area contributed by atoms with Crippen molar-refractivity contribution < 1.29 is 9.53 Å². The van der Waals surface area contributed by atoms with Gasteiger partial charge >= 0.3 is 0 Å². The lowest BCUT2D eigenvalue weighted by Gasteiger charge is -2.35. The molecule has 0 bridgehead atoms. The molecule has 0 atom stereocenters. The standard InChI is InChI=1S/C17H24N2O2S2/c1-21-12-17(5-7-18-8-6-17)16(20)19-14-4-2-3-13(11-14)15-22-9-10-23-15/h2-4,11,15,18H,5-10,12H2,1H3,(H,19,20). The highest BCUT2D eigenvalue weighted by atomic mass is 32.2. The van der Waals surface area contributed by atoms with Gasteiger partial charge in [0.2, 0.25) is 5.91 Å². The minimum Gasteiger partial charge on any atom is -0.384 e.